The quantitative estimate of drug-likeness (QED) is 0.810. The summed E-state index contributed by atoms with van der Waals surface area (Å²) in [5.41, 5.74) is 1.74. The van der Waals surface area contributed by atoms with Gasteiger partial charge in [0.2, 0.25) is 0 Å². The fourth-order valence-corrected chi connectivity index (χ4v) is 3.18. The van der Waals surface area contributed by atoms with Crippen molar-refractivity contribution in [3.63, 3.8) is 0 Å². The van der Waals surface area contributed by atoms with Crippen molar-refractivity contribution in [2.24, 2.45) is 0 Å². The number of amides is 1. The van der Waals surface area contributed by atoms with Crippen LogP contribution in [0, 0.1) is 0 Å². The first kappa shape index (κ1) is 16.7. The van der Waals surface area contributed by atoms with Crippen LogP contribution >= 0.6 is 0 Å². The third-order valence-electron chi connectivity index (χ3n) is 4.60. The molecule has 1 saturated heterocycles. The number of nitrogens with one attached hydrogen (secondary N) is 2. The van der Waals surface area contributed by atoms with Crippen LogP contribution in [0.4, 0.5) is 0 Å². The second-order valence-corrected chi connectivity index (χ2v) is 6.42. The molecule has 1 atom stereocenters. The van der Waals surface area contributed by atoms with Crippen LogP contribution in [0.15, 0.2) is 54.6 Å². The zero-order chi connectivity index (χ0) is 16.8. The molecule has 0 radical (unpaired) electrons. The van der Waals surface area contributed by atoms with E-state index in [-0.39, 0.29) is 12.5 Å². The molecule has 4 heteroatoms. The maximum Gasteiger partial charge on any atom is 0.252 e. The van der Waals surface area contributed by atoms with Gasteiger partial charge in [0.15, 0.2) is 0 Å². The maximum absolute atomic E-state index is 12.7. The number of rotatable bonds is 4. The van der Waals surface area contributed by atoms with Crippen LogP contribution in [0.1, 0.15) is 29.6 Å². The lowest BCUT2D eigenvalue weighted by molar-refractivity contribution is 0.0276. The maximum atomic E-state index is 12.7. The molecule has 1 heterocycles. The zero-order valence-electron chi connectivity index (χ0n) is 13.8. The first-order valence-corrected chi connectivity index (χ1v) is 8.54. The zero-order valence-corrected chi connectivity index (χ0v) is 13.8. The summed E-state index contributed by atoms with van der Waals surface area (Å²) in [6, 6.07) is 17.5. The highest BCUT2D eigenvalue weighted by molar-refractivity contribution is 6.00. The molecule has 1 amide bonds. The summed E-state index contributed by atoms with van der Waals surface area (Å²) < 4.78 is 0. The molecule has 0 aliphatic carbocycles. The van der Waals surface area contributed by atoms with E-state index in [1.165, 1.54) is 0 Å². The monoisotopic (exact) mass is 324 g/mol. The smallest absolute Gasteiger partial charge is 0.252 e. The first-order chi connectivity index (χ1) is 11.7. The molecule has 2 aromatic rings. The summed E-state index contributed by atoms with van der Waals surface area (Å²) in [6.45, 7) is 2.00. The summed E-state index contributed by atoms with van der Waals surface area (Å²) in [6.07, 6.45) is 2.29. The molecule has 0 unspecified atom stereocenters. The second kappa shape index (κ2) is 7.60. The average molecular weight is 324 g/mol. The van der Waals surface area contributed by atoms with Crippen LogP contribution in [0.2, 0.25) is 0 Å². The van der Waals surface area contributed by atoms with Crippen molar-refractivity contribution in [2.75, 3.05) is 19.6 Å². The summed E-state index contributed by atoms with van der Waals surface area (Å²) in [4.78, 5) is 12.7. The van der Waals surface area contributed by atoms with Gasteiger partial charge in [-0.2, -0.15) is 0 Å². The number of benzene rings is 2. The molecule has 1 fully saturated rings. The van der Waals surface area contributed by atoms with Gasteiger partial charge in [-0.25, -0.2) is 0 Å². The van der Waals surface area contributed by atoms with E-state index in [0.717, 1.165) is 30.6 Å². The minimum absolute atomic E-state index is 0.139. The Morgan fingerprint density at radius 2 is 1.79 bits per heavy atom. The largest absolute Gasteiger partial charge is 0.388 e. The minimum Gasteiger partial charge on any atom is -0.388 e. The van der Waals surface area contributed by atoms with Gasteiger partial charge in [-0.1, -0.05) is 48.5 Å². The number of hydrogen-bond acceptors (Lipinski definition) is 3. The molecule has 3 rings (SSSR count). The van der Waals surface area contributed by atoms with Crippen LogP contribution in [-0.2, 0) is 0 Å². The predicted octanol–water partition coefficient (Wildman–Crippen LogP) is 2.59. The van der Waals surface area contributed by atoms with Crippen molar-refractivity contribution in [1.82, 2.24) is 10.6 Å². The fraction of sp³-hybridized carbons (Fsp3) is 0.350. The molecule has 0 aromatic heterocycles. The van der Waals surface area contributed by atoms with Gasteiger partial charge in [0.1, 0.15) is 0 Å². The van der Waals surface area contributed by atoms with Gasteiger partial charge in [-0.05, 0) is 49.5 Å². The van der Waals surface area contributed by atoms with Gasteiger partial charge in [0, 0.05) is 12.1 Å². The standard InChI is InChI=1S/C20H24N2O2/c23-19(22-15-20(24)11-6-13-21-14-12-20)18-10-5-4-9-17(18)16-7-2-1-3-8-16/h1-5,7-10,21,24H,6,11-15H2,(H,22,23)/t20-/m0/s1. The van der Waals surface area contributed by atoms with Gasteiger partial charge in [-0.3, -0.25) is 4.79 Å². The van der Waals surface area contributed by atoms with Crippen LogP contribution < -0.4 is 10.6 Å². The van der Waals surface area contributed by atoms with Crippen molar-refractivity contribution in [3.05, 3.63) is 60.2 Å². The second-order valence-electron chi connectivity index (χ2n) is 6.42. The van der Waals surface area contributed by atoms with Gasteiger partial charge in [0.25, 0.3) is 5.91 Å². The van der Waals surface area contributed by atoms with Gasteiger partial charge in [-0.15, -0.1) is 0 Å². The van der Waals surface area contributed by atoms with Crippen molar-refractivity contribution in [1.29, 1.82) is 0 Å². The van der Waals surface area contributed by atoms with Crippen LogP contribution in [0.25, 0.3) is 11.1 Å². The Hall–Kier alpha value is -2.17. The van der Waals surface area contributed by atoms with Gasteiger partial charge < -0.3 is 15.7 Å². The SMILES string of the molecule is O=C(NC[C@]1(O)CCCNCC1)c1ccccc1-c1ccccc1. The lowest BCUT2D eigenvalue weighted by Crippen LogP contribution is -2.43. The molecule has 1 aliphatic rings. The topological polar surface area (TPSA) is 61.4 Å². The van der Waals surface area contributed by atoms with Crippen LogP contribution in [-0.4, -0.2) is 36.2 Å². The molecule has 3 N–H and O–H groups in total. The molecule has 4 nitrogen and oxygen atoms in total. The Kier molecular flexibility index (Phi) is 5.28. The molecule has 126 valence electrons. The lowest BCUT2D eigenvalue weighted by Gasteiger charge is -2.26. The van der Waals surface area contributed by atoms with Gasteiger partial charge >= 0.3 is 0 Å². The van der Waals surface area contributed by atoms with E-state index in [2.05, 4.69) is 10.6 Å². The lowest BCUT2D eigenvalue weighted by atomic mass is 9.94. The fourth-order valence-electron chi connectivity index (χ4n) is 3.18. The third-order valence-corrected chi connectivity index (χ3v) is 4.60. The molecular weight excluding hydrogens is 300 g/mol. The van der Waals surface area contributed by atoms with Crippen LogP contribution in [0.3, 0.4) is 0 Å². The van der Waals surface area contributed by atoms with E-state index in [0.29, 0.717) is 18.4 Å². The first-order valence-electron chi connectivity index (χ1n) is 8.54. The Morgan fingerprint density at radius 1 is 1.04 bits per heavy atom. The molecule has 0 saturated carbocycles. The Bertz CT molecular complexity index is 677. The highest BCUT2D eigenvalue weighted by Crippen LogP contribution is 2.24. The summed E-state index contributed by atoms with van der Waals surface area (Å²) in [5.74, 6) is -0.139. The third kappa shape index (κ3) is 4.02. The van der Waals surface area contributed by atoms with E-state index in [1.807, 2.05) is 54.6 Å². The minimum atomic E-state index is -0.819. The molecular formula is C20H24N2O2. The van der Waals surface area contributed by atoms with Crippen molar-refractivity contribution in [3.8, 4) is 11.1 Å². The van der Waals surface area contributed by atoms with E-state index in [9.17, 15) is 9.90 Å². The molecule has 2 aromatic carbocycles. The average Bonchev–Trinajstić information content (AvgIpc) is 2.85. The highest BCUT2D eigenvalue weighted by atomic mass is 16.3. The summed E-state index contributed by atoms with van der Waals surface area (Å²) in [7, 11) is 0. The Morgan fingerprint density at radius 3 is 2.62 bits per heavy atom. The van der Waals surface area contributed by atoms with E-state index in [4.69, 9.17) is 0 Å². The summed E-state index contributed by atoms with van der Waals surface area (Å²) >= 11 is 0. The van der Waals surface area contributed by atoms with E-state index < -0.39 is 5.60 Å². The number of aliphatic hydroxyl groups is 1. The predicted molar refractivity (Wildman–Crippen MR) is 95.9 cm³/mol. The molecule has 0 spiro atoms. The normalized spacial score (nSPS) is 21.0. The molecule has 0 bridgehead atoms. The van der Waals surface area contributed by atoms with Crippen LogP contribution in [0.5, 0.6) is 0 Å². The number of carbonyl (C=O) groups excluding carboxylic acids is 1. The molecule has 24 heavy (non-hydrogen) atoms. The van der Waals surface area contributed by atoms with E-state index in [1.54, 1.807) is 0 Å². The highest BCUT2D eigenvalue weighted by Gasteiger charge is 2.28. The molecule has 1 aliphatic heterocycles. The number of hydrogen-bond donors (Lipinski definition) is 3. The van der Waals surface area contributed by atoms with Crippen molar-refractivity contribution < 1.29 is 9.90 Å². The van der Waals surface area contributed by atoms with E-state index >= 15 is 0 Å². The van der Waals surface area contributed by atoms with Crippen molar-refractivity contribution >= 4 is 5.91 Å². The summed E-state index contributed by atoms with van der Waals surface area (Å²) in [5, 5.41) is 16.9. The Balaban J connectivity index is 1.74. The Labute approximate surface area is 142 Å². The van der Waals surface area contributed by atoms with Crippen molar-refractivity contribution in [2.45, 2.75) is 24.9 Å². The van der Waals surface area contributed by atoms with Gasteiger partial charge in [0.05, 0.1) is 5.60 Å². The number of carbonyl (C=O) groups is 1.